The first-order valence-corrected chi connectivity index (χ1v) is 7.71. The molecular formula is C15H27N3O2. The lowest BCUT2D eigenvalue weighted by molar-refractivity contribution is 0.0410. The number of hydrogen-bond acceptors (Lipinski definition) is 5. The molecule has 1 unspecified atom stereocenters. The predicted molar refractivity (Wildman–Crippen MR) is 77.2 cm³/mol. The molecule has 114 valence electrons. The molecule has 5 heteroatoms. The molecule has 1 aliphatic rings. The molecule has 0 spiro atoms. The summed E-state index contributed by atoms with van der Waals surface area (Å²) in [4.78, 5) is 4.44. The summed E-state index contributed by atoms with van der Waals surface area (Å²) in [5.74, 6) is 2.08. The van der Waals surface area contributed by atoms with Crippen LogP contribution in [0.5, 0.6) is 0 Å². The number of aryl methyl sites for hydroxylation is 1. The molecule has 1 fully saturated rings. The lowest BCUT2D eigenvalue weighted by Gasteiger charge is -2.21. The molecule has 1 saturated carbocycles. The van der Waals surface area contributed by atoms with E-state index in [2.05, 4.69) is 10.1 Å². The van der Waals surface area contributed by atoms with Crippen LogP contribution in [-0.2, 0) is 16.7 Å². The zero-order valence-corrected chi connectivity index (χ0v) is 12.9. The van der Waals surface area contributed by atoms with E-state index in [1.54, 1.807) is 0 Å². The third-order valence-corrected chi connectivity index (χ3v) is 3.94. The molecule has 1 aliphatic carbocycles. The largest absolute Gasteiger partial charge is 0.376 e. The van der Waals surface area contributed by atoms with E-state index in [4.69, 9.17) is 15.0 Å². The lowest BCUT2D eigenvalue weighted by atomic mass is 10.0. The summed E-state index contributed by atoms with van der Waals surface area (Å²) in [5.41, 5.74) is 5.51. The number of ether oxygens (including phenoxy) is 1. The average Bonchev–Trinajstić information content (AvgIpc) is 3.05. The Morgan fingerprint density at radius 1 is 1.40 bits per heavy atom. The number of aromatic nitrogens is 2. The van der Waals surface area contributed by atoms with Crippen molar-refractivity contribution in [1.82, 2.24) is 10.1 Å². The molecule has 0 aliphatic heterocycles. The molecule has 0 saturated heterocycles. The Labute approximate surface area is 121 Å². The third-order valence-electron chi connectivity index (χ3n) is 3.94. The van der Waals surface area contributed by atoms with E-state index in [1.165, 1.54) is 25.7 Å². The molecule has 2 rings (SSSR count). The van der Waals surface area contributed by atoms with Gasteiger partial charge >= 0.3 is 0 Å². The zero-order valence-electron chi connectivity index (χ0n) is 12.9. The van der Waals surface area contributed by atoms with Crippen molar-refractivity contribution < 1.29 is 9.26 Å². The van der Waals surface area contributed by atoms with E-state index in [-0.39, 0.29) is 6.10 Å². The number of rotatable bonds is 7. The van der Waals surface area contributed by atoms with Crippen molar-refractivity contribution in [3.63, 3.8) is 0 Å². The number of nitrogens with two attached hydrogens (primary N) is 1. The summed E-state index contributed by atoms with van der Waals surface area (Å²) in [5, 5.41) is 4.02. The summed E-state index contributed by atoms with van der Waals surface area (Å²) in [7, 11) is 0. The van der Waals surface area contributed by atoms with E-state index >= 15 is 0 Å². The molecule has 1 atom stereocenters. The van der Waals surface area contributed by atoms with Crippen LogP contribution in [0, 0.1) is 5.92 Å². The van der Waals surface area contributed by atoms with Gasteiger partial charge in [-0.05, 0) is 33.1 Å². The summed E-state index contributed by atoms with van der Waals surface area (Å²) in [6.45, 7) is 6.24. The predicted octanol–water partition coefficient (Wildman–Crippen LogP) is 2.79. The summed E-state index contributed by atoms with van der Waals surface area (Å²) >= 11 is 0. The molecule has 20 heavy (non-hydrogen) atoms. The zero-order chi connectivity index (χ0) is 14.6. The van der Waals surface area contributed by atoms with Crippen LogP contribution in [0.2, 0.25) is 0 Å². The minimum Gasteiger partial charge on any atom is -0.376 e. The van der Waals surface area contributed by atoms with Crippen LogP contribution in [0.1, 0.15) is 64.6 Å². The van der Waals surface area contributed by atoms with E-state index in [0.717, 1.165) is 18.8 Å². The minimum absolute atomic E-state index is 0.145. The van der Waals surface area contributed by atoms with Crippen molar-refractivity contribution >= 4 is 0 Å². The van der Waals surface area contributed by atoms with Gasteiger partial charge in [-0.2, -0.15) is 4.98 Å². The van der Waals surface area contributed by atoms with Gasteiger partial charge in [0.2, 0.25) is 5.89 Å². The Hall–Kier alpha value is -0.940. The normalized spacial score (nSPS) is 19.6. The van der Waals surface area contributed by atoms with Crippen molar-refractivity contribution in [1.29, 1.82) is 0 Å². The van der Waals surface area contributed by atoms with Crippen molar-refractivity contribution in [2.75, 3.05) is 6.61 Å². The summed E-state index contributed by atoms with van der Waals surface area (Å²) < 4.78 is 10.9. The first-order valence-electron chi connectivity index (χ1n) is 7.71. The first-order chi connectivity index (χ1) is 9.47. The maximum absolute atomic E-state index is 6.21. The highest BCUT2D eigenvalue weighted by Crippen LogP contribution is 2.28. The number of hydrogen-bond donors (Lipinski definition) is 1. The van der Waals surface area contributed by atoms with Crippen molar-refractivity contribution in [2.24, 2.45) is 11.7 Å². The van der Waals surface area contributed by atoms with Gasteiger partial charge in [0.1, 0.15) is 5.54 Å². The number of nitrogens with zero attached hydrogens (tertiary/aromatic N) is 2. The molecule has 1 aromatic rings. The van der Waals surface area contributed by atoms with E-state index in [9.17, 15) is 0 Å². The molecule has 0 aromatic carbocycles. The maximum atomic E-state index is 6.21. The highest BCUT2D eigenvalue weighted by molar-refractivity contribution is 5.02. The fourth-order valence-electron chi connectivity index (χ4n) is 2.62. The van der Waals surface area contributed by atoms with Crippen molar-refractivity contribution in [2.45, 2.75) is 70.9 Å². The monoisotopic (exact) mass is 281 g/mol. The molecule has 1 heterocycles. The van der Waals surface area contributed by atoms with Gasteiger partial charge < -0.3 is 15.0 Å². The standard InChI is InChI=1S/C15H27N3O2/c1-11(2)19-10-15(3,16)14-17-13(20-18-14)9-8-12-6-4-5-7-12/h11-12H,4-10,16H2,1-3H3. The van der Waals surface area contributed by atoms with Crippen LogP contribution in [0.3, 0.4) is 0 Å². The lowest BCUT2D eigenvalue weighted by Crippen LogP contribution is -2.40. The Morgan fingerprint density at radius 3 is 2.75 bits per heavy atom. The van der Waals surface area contributed by atoms with E-state index in [0.29, 0.717) is 18.3 Å². The molecule has 0 radical (unpaired) electrons. The molecule has 0 amide bonds. The summed E-state index contributed by atoms with van der Waals surface area (Å²) in [6, 6.07) is 0. The van der Waals surface area contributed by atoms with Crippen LogP contribution >= 0.6 is 0 Å². The molecule has 2 N–H and O–H groups in total. The van der Waals surface area contributed by atoms with Crippen LogP contribution in [-0.4, -0.2) is 22.9 Å². The van der Waals surface area contributed by atoms with Gasteiger partial charge in [-0.15, -0.1) is 0 Å². The fraction of sp³-hybridized carbons (Fsp3) is 0.867. The second-order valence-electron chi connectivity index (χ2n) is 6.48. The van der Waals surface area contributed by atoms with Gasteiger partial charge in [0.25, 0.3) is 0 Å². The topological polar surface area (TPSA) is 74.2 Å². The average molecular weight is 281 g/mol. The quantitative estimate of drug-likeness (QED) is 0.831. The highest BCUT2D eigenvalue weighted by atomic mass is 16.5. The minimum atomic E-state index is -0.695. The van der Waals surface area contributed by atoms with Crippen LogP contribution in [0.4, 0.5) is 0 Å². The van der Waals surface area contributed by atoms with E-state index in [1.807, 2.05) is 20.8 Å². The van der Waals surface area contributed by atoms with Crippen molar-refractivity contribution in [3.05, 3.63) is 11.7 Å². The third kappa shape index (κ3) is 4.28. The van der Waals surface area contributed by atoms with E-state index < -0.39 is 5.54 Å². The molecular weight excluding hydrogens is 254 g/mol. The molecule has 5 nitrogen and oxygen atoms in total. The Kier molecular flexibility index (Phi) is 5.16. The van der Waals surface area contributed by atoms with Gasteiger partial charge in [0.05, 0.1) is 12.7 Å². The molecule has 1 aromatic heterocycles. The van der Waals surface area contributed by atoms with Crippen LogP contribution < -0.4 is 5.73 Å². The Balaban J connectivity index is 1.86. The van der Waals surface area contributed by atoms with Gasteiger partial charge in [0.15, 0.2) is 5.82 Å². The van der Waals surface area contributed by atoms with Gasteiger partial charge in [-0.25, -0.2) is 0 Å². The highest BCUT2D eigenvalue weighted by Gasteiger charge is 2.28. The fourth-order valence-corrected chi connectivity index (χ4v) is 2.62. The maximum Gasteiger partial charge on any atom is 0.226 e. The summed E-state index contributed by atoms with van der Waals surface area (Å²) in [6.07, 6.45) is 7.58. The van der Waals surface area contributed by atoms with Gasteiger partial charge in [-0.1, -0.05) is 30.8 Å². The molecule has 0 bridgehead atoms. The SMILES string of the molecule is CC(C)OCC(C)(N)c1noc(CCC2CCCC2)n1. The second-order valence-corrected chi connectivity index (χ2v) is 6.48. The van der Waals surface area contributed by atoms with Crippen molar-refractivity contribution in [3.8, 4) is 0 Å². The van der Waals surface area contributed by atoms with Crippen LogP contribution in [0.15, 0.2) is 4.52 Å². The van der Waals surface area contributed by atoms with Gasteiger partial charge in [0, 0.05) is 6.42 Å². The Bertz CT molecular complexity index is 409. The second kappa shape index (κ2) is 6.68. The van der Waals surface area contributed by atoms with Crippen LogP contribution in [0.25, 0.3) is 0 Å². The Morgan fingerprint density at radius 2 is 2.10 bits per heavy atom. The smallest absolute Gasteiger partial charge is 0.226 e. The first kappa shape index (κ1) is 15.4. The van der Waals surface area contributed by atoms with Gasteiger partial charge in [-0.3, -0.25) is 0 Å².